The van der Waals surface area contributed by atoms with Gasteiger partial charge < -0.3 is 10.5 Å². The van der Waals surface area contributed by atoms with Crippen LogP contribution >= 0.6 is 23.2 Å². The molecule has 0 amide bonds. The number of rotatable bonds is 5. The van der Waals surface area contributed by atoms with Crippen molar-refractivity contribution in [1.29, 1.82) is 0 Å². The Morgan fingerprint density at radius 3 is 2.40 bits per heavy atom. The summed E-state index contributed by atoms with van der Waals surface area (Å²) in [4.78, 5) is 0. The molecule has 106 valence electrons. The highest BCUT2D eigenvalue weighted by molar-refractivity contribution is 6.42. The summed E-state index contributed by atoms with van der Waals surface area (Å²) in [5, 5.41) is 1.19. The standard InChI is InChI=1S/C16H17Cl2NO/c1-20-14-7-5-11(6-8-14)13(10-19)9-12-3-2-4-15(17)16(12)18/h2-8,13H,9-10,19H2,1H3. The molecule has 0 fully saturated rings. The number of hydrogen-bond acceptors (Lipinski definition) is 2. The van der Waals surface area contributed by atoms with E-state index in [0.717, 1.165) is 17.7 Å². The van der Waals surface area contributed by atoms with Crippen molar-refractivity contribution in [2.45, 2.75) is 12.3 Å². The molecule has 0 aliphatic rings. The molecule has 0 bridgehead atoms. The van der Waals surface area contributed by atoms with Crippen LogP contribution in [0.4, 0.5) is 0 Å². The molecule has 2 aromatic rings. The Balaban J connectivity index is 2.21. The van der Waals surface area contributed by atoms with E-state index in [4.69, 9.17) is 33.7 Å². The number of methoxy groups -OCH3 is 1. The summed E-state index contributed by atoms with van der Waals surface area (Å²) in [5.41, 5.74) is 8.09. The quantitative estimate of drug-likeness (QED) is 0.894. The van der Waals surface area contributed by atoms with Gasteiger partial charge in [0.15, 0.2) is 0 Å². The maximum Gasteiger partial charge on any atom is 0.118 e. The fourth-order valence-corrected chi connectivity index (χ4v) is 2.58. The Labute approximate surface area is 129 Å². The molecule has 1 atom stereocenters. The first-order chi connectivity index (χ1) is 9.65. The molecule has 0 aliphatic carbocycles. The lowest BCUT2D eigenvalue weighted by Crippen LogP contribution is -2.15. The molecule has 2 N–H and O–H groups in total. The van der Waals surface area contributed by atoms with Crippen LogP contribution in [0.1, 0.15) is 17.0 Å². The second kappa shape index (κ2) is 6.98. The van der Waals surface area contributed by atoms with Gasteiger partial charge in [-0.15, -0.1) is 0 Å². The van der Waals surface area contributed by atoms with Crippen molar-refractivity contribution in [3.05, 3.63) is 63.6 Å². The van der Waals surface area contributed by atoms with Crippen LogP contribution in [0, 0.1) is 0 Å². The predicted octanol–water partition coefficient (Wildman–Crippen LogP) is 4.29. The summed E-state index contributed by atoms with van der Waals surface area (Å²) in [6.07, 6.45) is 0.766. The van der Waals surface area contributed by atoms with E-state index < -0.39 is 0 Å². The molecule has 20 heavy (non-hydrogen) atoms. The number of benzene rings is 2. The Morgan fingerprint density at radius 1 is 1.10 bits per heavy atom. The van der Waals surface area contributed by atoms with Gasteiger partial charge in [0.1, 0.15) is 5.75 Å². The molecule has 4 heteroatoms. The Kier molecular flexibility index (Phi) is 5.30. The van der Waals surface area contributed by atoms with E-state index in [2.05, 4.69) is 0 Å². The minimum absolute atomic E-state index is 0.205. The van der Waals surface area contributed by atoms with E-state index >= 15 is 0 Å². The van der Waals surface area contributed by atoms with Crippen molar-refractivity contribution in [2.24, 2.45) is 5.73 Å². The van der Waals surface area contributed by atoms with Crippen LogP contribution in [-0.2, 0) is 6.42 Å². The van der Waals surface area contributed by atoms with E-state index in [0.29, 0.717) is 16.6 Å². The van der Waals surface area contributed by atoms with Crippen LogP contribution in [0.25, 0.3) is 0 Å². The molecule has 1 unspecified atom stereocenters. The normalized spacial score (nSPS) is 12.2. The zero-order valence-corrected chi connectivity index (χ0v) is 12.8. The van der Waals surface area contributed by atoms with Crippen molar-refractivity contribution in [3.8, 4) is 5.75 Å². The van der Waals surface area contributed by atoms with Crippen LogP contribution in [0.3, 0.4) is 0 Å². The monoisotopic (exact) mass is 309 g/mol. The molecule has 2 aromatic carbocycles. The molecular weight excluding hydrogens is 293 g/mol. The largest absolute Gasteiger partial charge is 0.497 e. The molecule has 0 aliphatic heterocycles. The van der Waals surface area contributed by atoms with Crippen molar-refractivity contribution in [2.75, 3.05) is 13.7 Å². The van der Waals surface area contributed by atoms with Gasteiger partial charge >= 0.3 is 0 Å². The van der Waals surface area contributed by atoms with Gasteiger partial charge in [0, 0.05) is 5.92 Å². The molecule has 2 rings (SSSR count). The molecule has 0 radical (unpaired) electrons. The fraction of sp³-hybridized carbons (Fsp3) is 0.250. The molecule has 0 saturated carbocycles. The fourth-order valence-electron chi connectivity index (χ4n) is 2.18. The van der Waals surface area contributed by atoms with Crippen LogP contribution in [-0.4, -0.2) is 13.7 Å². The van der Waals surface area contributed by atoms with E-state index in [1.54, 1.807) is 13.2 Å². The van der Waals surface area contributed by atoms with Gasteiger partial charge in [0.05, 0.1) is 17.2 Å². The summed E-state index contributed by atoms with van der Waals surface area (Å²) >= 11 is 12.3. The first kappa shape index (κ1) is 15.2. The smallest absolute Gasteiger partial charge is 0.118 e. The van der Waals surface area contributed by atoms with Crippen molar-refractivity contribution < 1.29 is 4.74 Å². The van der Waals surface area contributed by atoms with E-state index in [9.17, 15) is 0 Å². The van der Waals surface area contributed by atoms with Gasteiger partial charge in [0.25, 0.3) is 0 Å². The van der Waals surface area contributed by atoms with Gasteiger partial charge in [-0.3, -0.25) is 0 Å². The third-order valence-electron chi connectivity index (χ3n) is 3.37. The SMILES string of the molecule is COc1ccc(C(CN)Cc2cccc(Cl)c2Cl)cc1. The highest BCUT2D eigenvalue weighted by atomic mass is 35.5. The van der Waals surface area contributed by atoms with Gasteiger partial charge in [0.2, 0.25) is 0 Å². The zero-order chi connectivity index (χ0) is 14.5. The summed E-state index contributed by atoms with van der Waals surface area (Å²) in [6, 6.07) is 13.6. The molecular formula is C16H17Cl2NO. The number of halogens is 2. The molecule has 0 heterocycles. The van der Waals surface area contributed by atoms with Gasteiger partial charge in [-0.25, -0.2) is 0 Å². The third kappa shape index (κ3) is 3.45. The van der Waals surface area contributed by atoms with Crippen LogP contribution in [0.5, 0.6) is 5.75 Å². The van der Waals surface area contributed by atoms with Crippen LogP contribution in [0.15, 0.2) is 42.5 Å². The van der Waals surface area contributed by atoms with E-state index in [1.807, 2.05) is 36.4 Å². The van der Waals surface area contributed by atoms with E-state index in [1.165, 1.54) is 5.56 Å². The number of hydrogen-bond donors (Lipinski definition) is 1. The highest BCUT2D eigenvalue weighted by Crippen LogP contribution is 2.30. The lowest BCUT2D eigenvalue weighted by atomic mass is 9.92. The topological polar surface area (TPSA) is 35.2 Å². The highest BCUT2D eigenvalue weighted by Gasteiger charge is 2.14. The van der Waals surface area contributed by atoms with Gasteiger partial charge in [-0.1, -0.05) is 47.5 Å². The summed E-state index contributed by atoms with van der Waals surface area (Å²) in [5.74, 6) is 1.04. The minimum Gasteiger partial charge on any atom is -0.497 e. The molecule has 0 spiro atoms. The first-order valence-corrected chi connectivity index (χ1v) is 7.18. The summed E-state index contributed by atoms with van der Waals surface area (Å²) in [7, 11) is 1.65. The Bertz CT molecular complexity index is 569. The van der Waals surface area contributed by atoms with Crippen molar-refractivity contribution in [3.63, 3.8) is 0 Å². The molecule has 2 nitrogen and oxygen atoms in total. The minimum atomic E-state index is 0.205. The average Bonchev–Trinajstić information content (AvgIpc) is 2.49. The molecule has 0 saturated heterocycles. The number of ether oxygens (including phenoxy) is 1. The third-order valence-corrected chi connectivity index (χ3v) is 4.23. The first-order valence-electron chi connectivity index (χ1n) is 6.42. The summed E-state index contributed by atoms with van der Waals surface area (Å²) in [6.45, 7) is 0.551. The van der Waals surface area contributed by atoms with Gasteiger partial charge in [-0.05, 0) is 42.3 Å². The maximum absolute atomic E-state index is 6.24. The second-order valence-electron chi connectivity index (χ2n) is 4.62. The number of nitrogens with two attached hydrogens (primary N) is 1. The second-order valence-corrected chi connectivity index (χ2v) is 5.41. The summed E-state index contributed by atoms with van der Waals surface area (Å²) < 4.78 is 5.17. The van der Waals surface area contributed by atoms with Gasteiger partial charge in [-0.2, -0.15) is 0 Å². The Hall–Kier alpha value is -1.22. The van der Waals surface area contributed by atoms with Crippen molar-refractivity contribution >= 4 is 23.2 Å². The van der Waals surface area contributed by atoms with Crippen LogP contribution < -0.4 is 10.5 Å². The van der Waals surface area contributed by atoms with Crippen molar-refractivity contribution in [1.82, 2.24) is 0 Å². The van der Waals surface area contributed by atoms with Crippen LogP contribution in [0.2, 0.25) is 10.0 Å². The maximum atomic E-state index is 6.24. The molecule has 0 aromatic heterocycles. The predicted molar refractivity (Wildman–Crippen MR) is 85.0 cm³/mol. The zero-order valence-electron chi connectivity index (χ0n) is 11.3. The lowest BCUT2D eigenvalue weighted by molar-refractivity contribution is 0.414. The lowest BCUT2D eigenvalue weighted by Gasteiger charge is -2.17. The Morgan fingerprint density at radius 2 is 1.80 bits per heavy atom. The average molecular weight is 310 g/mol. The van der Waals surface area contributed by atoms with E-state index in [-0.39, 0.29) is 5.92 Å².